The zero-order valence-corrected chi connectivity index (χ0v) is 27.3. The number of aliphatic imine (C=N–C) groups is 1. The van der Waals surface area contributed by atoms with Crippen molar-refractivity contribution in [1.82, 2.24) is 4.90 Å². The smallest absolute Gasteiger partial charge is 0.338 e. The van der Waals surface area contributed by atoms with Gasteiger partial charge < -0.3 is 9.64 Å². The fraction of sp³-hybridized carbons (Fsp3) is 0.559. The van der Waals surface area contributed by atoms with Gasteiger partial charge in [-0.15, -0.1) is 0 Å². The lowest BCUT2D eigenvalue weighted by molar-refractivity contribution is -0.134. The second-order valence-corrected chi connectivity index (χ2v) is 14.7. The Morgan fingerprint density at radius 2 is 1.62 bits per heavy atom. The predicted octanol–water partition coefficient (Wildman–Crippen LogP) is 9.39. The number of benzene rings is 2. The number of carbonyl (C=O) groups is 2. The Labute approximate surface area is 259 Å². The van der Waals surface area contributed by atoms with Gasteiger partial charge in [0.05, 0.1) is 17.7 Å². The van der Waals surface area contributed by atoms with Gasteiger partial charge in [-0.25, -0.2) is 9.18 Å². The third-order valence-electron chi connectivity index (χ3n) is 8.44. The molecule has 0 N–H and O–H groups in total. The van der Waals surface area contributed by atoms with Gasteiger partial charge in [-0.2, -0.15) is 0 Å². The van der Waals surface area contributed by atoms with Gasteiger partial charge in [0.1, 0.15) is 17.0 Å². The Morgan fingerprint density at radius 1 is 1.05 bits per heavy atom. The molecule has 1 aliphatic carbocycles. The van der Waals surface area contributed by atoms with Gasteiger partial charge in [-0.3, -0.25) is 9.79 Å². The minimum Gasteiger partial charge on any atom is -0.459 e. The maximum Gasteiger partial charge on any atom is 0.338 e. The summed E-state index contributed by atoms with van der Waals surface area (Å²) < 4.78 is 20.4. The van der Waals surface area contributed by atoms with Crippen molar-refractivity contribution < 1.29 is 18.7 Å². The van der Waals surface area contributed by atoms with Gasteiger partial charge in [0, 0.05) is 15.6 Å². The van der Waals surface area contributed by atoms with E-state index in [0.29, 0.717) is 59.0 Å². The van der Waals surface area contributed by atoms with Crippen LogP contribution in [0, 0.1) is 11.3 Å². The molecule has 0 radical (unpaired) electrons. The van der Waals surface area contributed by atoms with Crippen molar-refractivity contribution in [2.75, 3.05) is 0 Å². The molecule has 1 heterocycles. The van der Waals surface area contributed by atoms with Gasteiger partial charge in [-0.05, 0) is 113 Å². The van der Waals surface area contributed by atoms with Crippen LogP contribution in [0.25, 0.3) is 0 Å². The molecule has 1 spiro atoms. The Hall–Kier alpha value is -2.44. The quantitative estimate of drug-likeness (QED) is 0.277. The van der Waals surface area contributed by atoms with Crippen LogP contribution in [0.2, 0.25) is 10.0 Å². The third-order valence-corrected chi connectivity index (χ3v) is 8.87. The van der Waals surface area contributed by atoms with Gasteiger partial charge in [0.25, 0.3) is 5.91 Å². The van der Waals surface area contributed by atoms with Crippen molar-refractivity contribution >= 4 is 40.8 Å². The van der Waals surface area contributed by atoms with Crippen molar-refractivity contribution in [3.8, 4) is 0 Å². The van der Waals surface area contributed by atoms with Crippen LogP contribution in [0.3, 0.4) is 0 Å². The average Bonchev–Trinajstić information content (AvgIpc) is 3.14. The zero-order valence-electron chi connectivity index (χ0n) is 25.8. The minimum absolute atomic E-state index is 0.0231. The highest BCUT2D eigenvalue weighted by atomic mass is 35.5. The summed E-state index contributed by atoms with van der Waals surface area (Å²) in [6, 6.07) is 12.1. The molecule has 2 aliphatic rings. The van der Waals surface area contributed by atoms with Crippen LogP contribution >= 0.6 is 23.2 Å². The first-order valence-corrected chi connectivity index (χ1v) is 15.6. The van der Waals surface area contributed by atoms with E-state index in [2.05, 4.69) is 20.8 Å². The molecule has 2 aromatic carbocycles. The molecule has 5 nitrogen and oxygen atoms in total. The van der Waals surface area contributed by atoms with E-state index in [1.54, 1.807) is 44.2 Å². The first-order chi connectivity index (χ1) is 19.5. The van der Waals surface area contributed by atoms with Crippen LogP contribution in [-0.2, 0) is 9.53 Å². The molecule has 1 amide bonds. The number of hydrogen-bond acceptors (Lipinski definition) is 4. The number of hydrogen-bond donors (Lipinski definition) is 0. The highest BCUT2D eigenvalue weighted by Crippen LogP contribution is 2.49. The molecule has 8 heteroatoms. The fourth-order valence-corrected chi connectivity index (χ4v) is 6.71. The SMILES string of the molecule is CC(C)OC(=O)c1ccc([C@@H](CCC(C)(C)C)N2C(=O)C(c3cc(Cl)cc(Cl)c3)=NC23CCC(C(C)(C)F)CC3)cc1. The summed E-state index contributed by atoms with van der Waals surface area (Å²) in [5, 5.41) is 0.855. The molecule has 2 aromatic rings. The zero-order chi connectivity index (χ0) is 31.0. The molecule has 1 aliphatic heterocycles. The fourth-order valence-electron chi connectivity index (χ4n) is 6.18. The summed E-state index contributed by atoms with van der Waals surface area (Å²) in [6.07, 6.45) is 3.67. The Bertz CT molecular complexity index is 1310. The van der Waals surface area contributed by atoms with Gasteiger partial charge in [0.2, 0.25) is 0 Å². The van der Waals surface area contributed by atoms with Crippen molar-refractivity contribution in [2.45, 2.75) is 110 Å². The Morgan fingerprint density at radius 3 is 2.12 bits per heavy atom. The molecule has 1 atom stereocenters. The van der Waals surface area contributed by atoms with Crippen LogP contribution in [0.1, 0.15) is 115 Å². The number of alkyl halides is 1. The number of rotatable bonds is 8. The lowest BCUT2D eigenvalue weighted by atomic mass is 9.74. The highest BCUT2D eigenvalue weighted by Gasteiger charge is 2.53. The number of amides is 1. The molecule has 1 saturated carbocycles. The topological polar surface area (TPSA) is 59.0 Å². The molecule has 4 rings (SSSR count). The van der Waals surface area contributed by atoms with Crippen LogP contribution in [0.4, 0.5) is 4.39 Å². The first kappa shape index (κ1) is 32.5. The summed E-state index contributed by atoms with van der Waals surface area (Å²) in [5.41, 5.74) is 0.177. The summed E-state index contributed by atoms with van der Waals surface area (Å²) in [6.45, 7) is 13.4. The van der Waals surface area contributed by atoms with Crippen molar-refractivity contribution in [1.29, 1.82) is 0 Å². The molecular weight excluding hydrogens is 574 g/mol. The number of esters is 1. The monoisotopic (exact) mass is 616 g/mol. The number of carbonyl (C=O) groups excluding carboxylic acids is 2. The molecule has 0 bridgehead atoms. The van der Waals surface area contributed by atoms with Crippen LogP contribution in [-0.4, -0.2) is 39.9 Å². The summed E-state index contributed by atoms with van der Waals surface area (Å²) in [4.78, 5) is 34.1. The molecule has 0 aromatic heterocycles. The lowest BCUT2D eigenvalue weighted by Gasteiger charge is -2.47. The van der Waals surface area contributed by atoms with Crippen molar-refractivity contribution in [3.63, 3.8) is 0 Å². The molecule has 42 heavy (non-hydrogen) atoms. The maximum atomic E-state index is 15.0. The molecular formula is C34H43Cl2FN2O3. The van der Waals surface area contributed by atoms with Crippen LogP contribution < -0.4 is 0 Å². The summed E-state index contributed by atoms with van der Waals surface area (Å²) in [5.74, 6) is -0.681. The van der Waals surface area contributed by atoms with Gasteiger partial charge in [0.15, 0.2) is 0 Å². The number of nitrogens with zero attached hydrogens (tertiary/aromatic N) is 2. The summed E-state index contributed by atoms with van der Waals surface area (Å²) >= 11 is 12.7. The van der Waals surface area contributed by atoms with Crippen molar-refractivity contribution in [3.05, 3.63) is 69.2 Å². The standard InChI is InChI=1S/C34H43Cl2FN2O3/c1-21(2)42-31(41)23-10-8-22(9-11-23)28(14-15-32(3,4)5)39-30(40)29(24-18-26(35)20-27(36)19-24)38-34(39)16-12-25(13-17-34)33(6,7)37/h8-11,18-21,25,28H,12-17H2,1-7H3/t25?,28-,34?/m1/s1. The summed E-state index contributed by atoms with van der Waals surface area (Å²) in [7, 11) is 0. The lowest BCUT2D eigenvalue weighted by Crippen LogP contribution is -2.52. The number of halogens is 3. The van der Waals surface area contributed by atoms with E-state index in [0.717, 1.165) is 12.0 Å². The minimum atomic E-state index is -1.31. The van der Waals surface area contributed by atoms with E-state index in [9.17, 15) is 9.59 Å². The highest BCUT2D eigenvalue weighted by molar-refractivity contribution is 6.47. The number of ether oxygens (including phenoxy) is 1. The van der Waals surface area contributed by atoms with E-state index < -0.39 is 11.3 Å². The average molecular weight is 618 g/mol. The molecule has 1 fully saturated rings. The second kappa shape index (κ2) is 12.3. The van der Waals surface area contributed by atoms with Crippen LogP contribution in [0.5, 0.6) is 0 Å². The van der Waals surface area contributed by atoms with E-state index in [4.69, 9.17) is 32.9 Å². The molecule has 228 valence electrons. The Kier molecular flexibility index (Phi) is 9.49. The third kappa shape index (κ3) is 7.37. The van der Waals surface area contributed by atoms with Gasteiger partial charge >= 0.3 is 5.97 Å². The van der Waals surface area contributed by atoms with E-state index in [1.807, 2.05) is 30.9 Å². The molecule has 0 saturated heterocycles. The second-order valence-electron chi connectivity index (χ2n) is 13.8. The van der Waals surface area contributed by atoms with E-state index >= 15 is 4.39 Å². The normalized spacial score (nSPS) is 22.1. The van der Waals surface area contributed by atoms with Gasteiger partial charge in [-0.1, -0.05) is 56.1 Å². The van der Waals surface area contributed by atoms with Crippen molar-refractivity contribution in [2.24, 2.45) is 16.3 Å². The Balaban J connectivity index is 1.79. The largest absolute Gasteiger partial charge is 0.459 e. The van der Waals surface area contributed by atoms with Crippen LogP contribution in [0.15, 0.2) is 47.5 Å². The van der Waals surface area contributed by atoms with E-state index in [1.165, 1.54) is 0 Å². The first-order valence-electron chi connectivity index (χ1n) is 14.9. The maximum absolute atomic E-state index is 15.0. The van der Waals surface area contributed by atoms with E-state index in [-0.39, 0.29) is 35.4 Å². The predicted molar refractivity (Wildman–Crippen MR) is 168 cm³/mol. The molecule has 0 unspecified atom stereocenters.